The summed E-state index contributed by atoms with van der Waals surface area (Å²) in [5.41, 5.74) is 1.64. The lowest BCUT2D eigenvalue weighted by Gasteiger charge is -2.31. The summed E-state index contributed by atoms with van der Waals surface area (Å²) >= 11 is 1.57. The standard InChI is InChI=1S/C25H34N2O3S/c1-14-4-2-3-5-19(14)26-22(28)21-18-6-7-30-13-20(18)31-23(21)27-24(29)25-11-15-8-16(12-25)10-17(25)9-15/h14-17,19H,2-13H2,1H3,(H,26,28)(H,27,29). The van der Waals surface area contributed by atoms with Gasteiger partial charge in [-0.2, -0.15) is 0 Å². The first-order valence-electron chi connectivity index (χ1n) is 12.4. The Kier molecular flexibility index (Phi) is 4.95. The van der Waals surface area contributed by atoms with E-state index in [2.05, 4.69) is 17.6 Å². The zero-order valence-electron chi connectivity index (χ0n) is 18.5. The van der Waals surface area contributed by atoms with Crippen molar-refractivity contribution in [3.63, 3.8) is 0 Å². The maximum atomic E-state index is 13.6. The third kappa shape index (κ3) is 3.28. The molecule has 31 heavy (non-hydrogen) atoms. The molecule has 5 nitrogen and oxygen atoms in total. The molecule has 0 aromatic carbocycles. The second kappa shape index (κ2) is 7.58. The second-order valence-corrected chi connectivity index (χ2v) is 12.1. The van der Waals surface area contributed by atoms with Gasteiger partial charge in [-0.3, -0.25) is 9.59 Å². The van der Waals surface area contributed by atoms with E-state index >= 15 is 0 Å². The van der Waals surface area contributed by atoms with Crippen molar-refractivity contribution in [1.82, 2.24) is 5.32 Å². The van der Waals surface area contributed by atoms with Gasteiger partial charge >= 0.3 is 0 Å². The van der Waals surface area contributed by atoms with Crippen molar-refractivity contribution in [2.75, 3.05) is 11.9 Å². The van der Waals surface area contributed by atoms with Gasteiger partial charge in [-0.15, -0.1) is 11.3 Å². The molecule has 2 amide bonds. The van der Waals surface area contributed by atoms with Gasteiger partial charge in [0.2, 0.25) is 5.91 Å². The van der Waals surface area contributed by atoms with Crippen LogP contribution in [0.2, 0.25) is 0 Å². The van der Waals surface area contributed by atoms with E-state index in [9.17, 15) is 9.59 Å². The van der Waals surface area contributed by atoms with Crippen LogP contribution in [0, 0.1) is 29.1 Å². The molecule has 0 spiro atoms. The molecular weight excluding hydrogens is 408 g/mol. The number of amides is 2. The van der Waals surface area contributed by atoms with E-state index in [1.807, 2.05) is 0 Å². The lowest BCUT2D eigenvalue weighted by atomic mass is 9.75. The number of ether oxygens (including phenoxy) is 1. The fourth-order valence-electron chi connectivity index (χ4n) is 7.73. The number of thiophene rings is 1. The van der Waals surface area contributed by atoms with E-state index in [-0.39, 0.29) is 23.3 Å². The number of carbonyl (C=O) groups is 2. The molecule has 0 saturated heterocycles. The Morgan fingerprint density at radius 2 is 1.87 bits per heavy atom. The Morgan fingerprint density at radius 3 is 2.65 bits per heavy atom. The van der Waals surface area contributed by atoms with Gasteiger partial charge in [0.25, 0.3) is 5.91 Å². The van der Waals surface area contributed by atoms with Crippen LogP contribution in [0.1, 0.15) is 85.5 Å². The van der Waals surface area contributed by atoms with E-state index in [4.69, 9.17) is 4.74 Å². The average Bonchev–Trinajstić information content (AvgIpc) is 3.33. The van der Waals surface area contributed by atoms with Gasteiger partial charge in [-0.25, -0.2) is 0 Å². The molecule has 6 heteroatoms. The van der Waals surface area contributed by atoms with Crippen molar-refractivity contribution in [1.29, 1.82) is 0 Å². The normalized spacial score (nSPS) is 38.2. The molecule has 4 atom stereocenters. The number of rotatable bonds is 4. The van der Waals surface area contributed by atoms with Gasteiger partial charge in [0.15, 0.2) is 0 Å². The summed E-state index contributed by atoms with van der Waals surface area (Å²) < 4.78 is 5.67. The Bertz CT molecular complexity index is 895. The van der Waals surface area contributed by atoms with Gasteiger partial charge in [-0.05, 0) is 80.6 Å². The Morgan fingerprint density at radius 1 is 1.10 bits per heavy atom. The average molecular weight is 443 g/mol. The smallest absolute Gasteiger partial charge is 0.254 e. The fourth-order valence-corrected chi connectivity index (χ4v) is 8.90. The fraction of sp³-hybridized carbons (Fsp3) is 0.760. The van der Waals surface area contributed by atoms with Gasteiger partial charge in [0.1, 0.15) is 5.00 Å². The number of nitrogens with one attached hydrogen (secondary N) is 2. The Hall–Kier alpha value is -1.40. The second-order valence-electron chi connectivity index (χ2n) is 11.0. The maximum Gasteiger partial charge on any atom is 0.254 e. The van der Waals surface area contributed by atoms with Crippen molar-refractivity contribution in [2.45, 2.75) is 83.8 Å². The lowest BCUT2D eigenvalue weighted by molar-refractivity contribution is -0.127. The van der Waals surface area contributed by atoms with Gasteiger partial charge in [-0.1, -0.05) is 19.8 Å². The summed E-state index contributed by atoms with van der Waals surface area (Å²) in [6.07, 6.45) is 11.3. The van der Waals surface area contributed by atoms with E-state index in [1.165, 1.54) is 38.5 Å². The minimum Gasteiger partial charge on any atom is -0.376 e. The van der Waals surface area contributed by atoms with Crippen LogP contribution in [-0.4, -0.2) is 24.5 Å². The molecule has 168 valence electrons. The first-order valence-corrected chi connectivity index (χ1v) is 13.2. The van der Waals surface area contributed by atoms with Crippen LogP contribution >= 0.6 is 11.3 Å². The SMILES string of the molecule is CC1CCCCC1NC(=O)c1c(NC(=O)C23CC4CC(CC2C4)C3)sc2c1CCOC2. The van der Waals surface area contributed by atoms with Gasteiger partial charge in [0.05, 0.1) is 24.2 Å². The first-order chi connectivity index (χ1) is 15.0. The molecule has 1 aromatic heterocycles. The summed E-state index contributed by atoms with van der Waals surface area (Å²) in [5, 5.41) is 7.41. The van der Waals surface area contributed by atoms with Crippen molar-refractivity contribution >= 4 is 28.2 Å². The van der Waals surface area contributed by atoms with E-state index in [1.54, 1.807) is 11.3 Å². The van der Waals surface area contributed by atoms with Crippen LogP contribution in [0.4, 0.5) is 5.00 Å². The van der Waals surface area contributed by atoms with Gasteiger partial charge in [0, 0.05) is 10.9 Å². The molecule has 1 aliphatic heterocycles. The van der Waals surface area contributed by atoms with Crippen molar-refractivity contribution in [3.8, 4) is 0 Å². The number of carbonyl (C=O) groups excluding carboxylic acids is 2. The van der Waals surface area contributed by atoms with Crippen molar-refractivity contribution in [2.24, 2.45) is 29.1 Å². The predicted octanol–water partition coefficient (Wildman–Crippen LogP) is 4.89. The summed E-state index contributed by atoms with van der Waals surface area (Å²) in [7, 11) is 0. The molecule has 6 aliphatic rings. The zero-order chi connectivity index (χ0) is 21.2. The molecular formula is C25H34N2O3S. The molecule has 0 radical (unpaired) electrons. The van der Waals surface area contributed by atoms with Crippen LogP contribution in [0.5, 0.6) is 0 Å². The van der Waals surface area contributed by atoms with Gasteiger partial charge < -0.3 is 15.4 Å². The van der Waals surface area contributed by atoms with Crippen LogP contribution in [-0.2, 0) is 22.6 Å². The third-order valence-electron chi connectivity index (χ3n) is 9.14. The summed E-state index contributed by atoms with van der Waals surface area (Å²) in [6.45, 7) is 3.44. The van der Waals surface area contributed by atoms with Crippen molar-refractivity contribution in [3.05, 3.63) is 16.0 Å². The zero-order valence-corrected chi connectivity index (χ0v) is 19.3. The Labute approximate surface area is 188 Å². The molecule has 7 rings (SSSR count). The maximum absolute atomic E-state index is 13.6. The largest absolute Gasteiger partial charge is 0.376 e. The predicted molar refractivity (Wildman–Crippen MR) is 121 cm³/mol. The first kappa shape index (κ1) is 20.2. The molecule has 2 N–H and O–H groups in total. The Balaban J connectivity index is 1.28. The molecule has 5 fully saturated rings. The third-order valence-corrected chi connectivity index (χ3v) is 10.3. The topological polar surface area (TPSA) is 67.4 Å². The molecule has 5 saturated carbocycles. The quantitative estimate of drug-likeness (QED) is 0.697. The van der Waals surface area contributed by atoms with Crippen LogP contribution in [0.25, 0.3) is 0 Å². The highest BCUT2D eigenvalue weighted by molar-refractivity contribution is 7.17. The lowest BCUT2D eigenvalue weighted by Crippen LogP contribution is -2.42. The summed E-state index contributed by atoms with van der Waals surface area (Å²) in [4.78, 5) is 28.3. The molecule has 2 heterocycles. The summed E-state index contributed by atoms with van der Waals surface area (Å²) in [6, 6.07) is 0.236. The minimum atomic E-state index is -0.180. The number of anilines is 1. The van der Waals surface area contributed by atoms with Crippen molar-refractivity contribution < 1.29 is 14.3 Å². The number of hydrogen-bond acceptors (Lipinski definition) is 4. The highest BCUT2D eigenvalue weighted by atomic mass is 32.1. The van der Waals surface area contributed by atoms with Crippen LogP contribution in [0.15, 0.2) is 0 Å². The summed E-state index contributed by atoms with van der Waals surface area (Å²) in [5.74, 6) is 2.73. The van der Waals surface area contributed by atoms with E-state index < -0.39 is 0 Å². The van der Waals surface area contributed by atoms with Crippen LogP contribution in [0.3, 0.4) is 0 Å². The van der Waals surface area contributed by atoms with E-state index in [0.717, 1.165) is 58.5 Å². The molecule has 1 aromatic rings. The number of hydrogen-bond donors (Lipinski definition) is 2. The minimum absolute atomic E-state index is 0.00295. The highest BCUT2D eigenvalue weighted by Gasteiger charge is 2.61. The number of fused-ring (bicyclic) bond motifs is 1. The molecule has 4 unspecified atom stereocenters. The monoisotopic (exact) mass is 442 g/mol. The molecule has 5 aliphatic carbocycles. The molecule has 4 bridgehead atoms. The highest BCUT2D eigenvalue weighted by Crippen LogP contribution is 2.65. The van der Waals surface area contributed by atoms with Crippen LogP contribution < -0.4 is 10.6 Å². The van der Waals surface area contributed by atoms with E-state index in [0.29, 0.717) is 25.0 Å².